The molecule has 0 N–H and O–H groups in total. The molecule has 0 spiro atoms. The van der Waals surface area contributed by atoms with Crippen LogP contribution in [0.4, 0.5) is 5.69 Å². The molecule has 0 saturated carbocycles. The maximum Gasteiger partial charge on any atom is 0.257 e. The van der Waals surface area contributed by atoms with Crippen LogP contribution < -0.4 is 9.64 Å². The van der Waals surface area contributed by atoms with Crippen LogP contribution in [0.2, 0.25) is 0 Å². The molecule has 152 valence electrons. The van der Waals surface area contributed by atoms with Crippen LogP contribution in [0.1, 0.15) is 37.6 Å². The topological polar surface area (TPSA) is 66.9 Å². The number of benzene rings is 2. The zero-order valence-electron chi connectivity index (χ0n) is 16.8. The van der Waals surface area contributed by atoms with Gasteiger partial charge in [-0.2, -0.15) is 0 Å². The number of anilines is 1. The predicted molar refractivity (Wildman–Crippen MR) is 119 cm³/mol. The third-order valence-electron chi connectivity index (χ3n) is 4.78. The fraction of sp³-hybridized carbons (Fsp3) is 0.318. The lowest BCUT2D eigenvalue weighted by molar-refractivity contribution is -0.123. The number of imide groups is 1. The van der Waals surface area contributed by atoms with Crippen LogP contribution in [0.15, 0.2) is 48.5 Å². The fourth-order valence-corrected chi connectivity index (χ4v) is 3.85. The first-order valence-corrected chi connectivity index (χ1v) is 10.3. The molecule has 6 nitrogen and oxygen atoms in total. The molecule has 3 amide bonds. The van der Waals surface area contributed by atoms with Crippen LogP contribution in [0.5, 0.6) is 5.75 Å². The van der Waals surface area contributed by atoms with Crippen molar-refractivity contribution in [1.29, 1.82) is 0 Å². The summed E-state index contributed by atoms with van der Waals surface area (Å²) in [5.74, 6) is -0.456. The predicted octanol–water partition coefficient (Wildman–Crippen LogP) is 3.87. The highest BCUT2D eigenvalue weighted by Crippen LogP contribution is 2.31. The SMILES string of the molecule is COc1cccc(C(=O)N(C2CC(=O)N(c3ccc(I)cc3)C2=O)C(C)(C)C)c1. The molecular weight excluding hydrogens is 483 g/mol. The van der Waals surface area contributed by atoms with E-state index in [0.717, 1.165) is 3.57 Å². The van der Waals surface area contributed by atoms with E-state index >= 15 is 0 Å². The number of amides is 3. The highest BCUT2D eigenvalue weighted by atomic mass is 127. The zero-order valence-corrected chi connectivity index (χ0v) is 19.0. The van der Waals surface area contributed by atoms with Crippen molar-refractivity contribution >= 4 is 46.0 Å². The molecule has 1 atom stereocenters. The molecule has 0 radical (unpaired) electrons. The number of nitrogens with zero attached hydrogens (tertiary/aromatic N) is 2. The molecule has 2 aromatic rings. The van der Waals surface area contributed by atoms with Crippen molar-refractivity contribution in [2.24, 2.45) is 0 Å². The van der Waals surface area contributed by atoms with Gasteiger partial charge in [0.1, 0.15) is 11.8 Å². The maximum atomic E-state index is 13.4. The van der Waals surface area contributed by atoms with Gasteiger partial charge >= 0.3 is 0 Å². The molecule has 7 heteroatoms. The van der Waals surface area contributed by atoms with Crippen LogP contribution in [0.25, 0.3) is 0 Å². The van der Waals surface area contributed by atoms with Crippen LogP contribution >= 0.6 is 22.6 Å². The Hall–Kier alpha value is -2.42. The fourth-order valence-electron chi connectivity index (χ4n) is 3.49. The molecule has 0 aliphatic carbocycles. The largest absolute Gasteiger partial charge is 0.497 e. The quantitative estimate of drug-likeness (QED) is 0.467. The third kappa shape index (κ3) is 4.29. The summed E-state index contributed by atoms with van der Waals surface area (Å²) in [6.07, 6.45) is -0.0439. The van der Waals surface area contributed by atoms with Gasteiger partial charge in [-0.15, -0.1) is 0 Å². The van der Waals surface area contributed by atoms with E-state index in [1.165, 1.54) is 16.9 Å². The van der Waals surface area contributed by atoms with E-state index < -0.39 is 11.6 Å². The summed E-state index contributed by atoms with van der Waals surface area (Å²) in [5, 5.41) is 0. The van der Waals surface area contributed by atoms with Gasteiger partial charge < -0.3 is 9.64 Å². The van der Waals surface area contributed by atoms with Crippen molar-refractivity contribution in [3.05, 3.63) is 57.7 Å². The lowest BCUT2D eigenvalue weighted by Gasteiger charge is -2.39. The highest BCUT2D eigenvalue weighted by Gasteiger charge is 2.47. The van der Waals surface area contributed by atoms with E-state index in [9.17, 15) is 14.4 Å². The third-order valence-corrected chi connectivity index (χ3v) is 5.50. The number of halogens is 1. The van der Waals surface area contributed by atoms with Crippen LogP contribution in [-0.4, -0.2) is 41.3 Å². The van der Waals surface area contributed by atoms with Gasteiger partial charge in [-0.05, 0) is 85.8 Å². The Kier molecular flexibility index (Phi) is 5.97. The van der Waals surface area contributed by atoms with Crippen molar-refractivity contribution in [1.82, 2.24) is 4.90 Å². The monoisotopic (exact) mass is 506 g/mol. The number of rotatable bonds is 4. The van der Waals surface area contributed by atoms with E-state index in [0.29, 0.717) is 17.0 Å². The van der Waals surface area contributed by atoms with Gasteiger partial charge in [0.25, 0.3) is 11.8 Å². The van der Waals surface area contributed by atoms with Gasteiger partial charge in [0.15, 0.2) is 0 Å². The second kappa shape index (κ2) is 8.14. The number of methoxy groups -OCH3 is 1. The zero-order chi connectivity index (χ0) is 21.3. The van der Waals surface area contributed by atoms with E-state index in [4.69, 9.17) is 4.74 Å². The second-order valence-corrected chi connectivity index (χ2v) is 9.09. The van der Waals surface area contributed by atoms with Crippen molar-refractivity contribution < 1.29 is 19.1 Å². The van der Waals surface area contributed by atoms with Gasteiger partial charge in [0.2, 0.25) is 5.91 Å². The second-order valence-electron chi connectivity index (χ2n) is 7.84. The molecule has 0 bridgehead atoms. The molecule has 1 aliphatic rings. The Labute approximate surface area is 184 Å². The first-order valence-electron chi connectivity index (χ1n) is 9.23. The van der Waals surface area contributed by atoms with E-state index in [2.05, 4.69) is 22.6 Å². The summed E-state index contributed by atoms with van der Waals surface area (Å²) in [5.41, 5.74) is 0.265. The number of carbonyl (C=O) groups is 3. The smallest absolute Gasteiger partial charge is 0.257 e. The van der Waals surface area contributed by atoms with Gasteiger partial charge in [-0.3, -0.25) is 14.4 Å². The number of ether oxygens (including phenoxy) is 1. The molecule has 1 aliphatic heterocycles. The van der Waals surface area contributed by atoms with Crippen molar-refractivity contribution in [2.75, 3.05) is 12.0 Å². The summed E-state index contributed by atoms with van der Waals surface area (Å²) < 4.78 is 6.22. The van der Waals surface area contributed by atoms with Crippen molar-refractivity contribution in [2.45, 2.75) is 38.8 Å². The summed E-state index contributed by atoms with van der Waals surface area (Å²) >= 11 is 2.16. The first-order chi connectivity index (χ1) is 13.6. The van der Waals surface area contributed by atoms with E-state index in [-0.39, 0.29) is 24.1 Å². The minimum atomic E-state index is -0.861. The lowest BCUT2D eigenvalue weighted by atomic mass is 9.99. The van der Waals surface area contributed by atoms with Crippen LogP contribution in [0, 0.1) is 3.57 Å². The molecular formula is C22H23IN2O4. The molecule has 0 aromatic heterocycles. The van der Waals surface area contributed by atoms with Gasteiger partial charge in [-0.25, -0.2) is 4.90 Å². The number of hydrogen-bond acceptors (Lipinski definition) is 4. The maximum absolute atomic E-state index is 13.4. The Bertz CT molecular complexity index is 950. The van der Waals surface area contributed by atoms with Crippen molar-refractivity contribution in [3.63, 3.8) is 0 Å². The summed E-state index contributed by atoms with van der Waals surface area (Å²) in [6.45, 7) is 5.57. The Balaban J connectivity index is 1.97. The van der Waals surface area contributed by atoms with Crippen LogP contribution in [0.3, 0.4) is 0 Å². The van der Waals surface area contributed by atoms with Gasteiger partial charge in [-0.1, -0.05) is 6.07 Å². The molecule has 1 heterocycles. The van der Waals surface area contributed by atoms with Crippen LogP contribution in [-0.2, 0) is 9.59 Å². The minimum absolute atomic E-state index is 0.0439. The van der Waals surface area contributed by atoms with E-state index in [1.807, 2.05) is 32.9 Å². The average molecular weight is 506 g/mol. The molecule has 2 aromatic carbocycles. The number of carbonyl (C=O) groups excluding carboxylic acids is 3. The molecule has 29 heavy (non-hydrogen) atoms. The first kappa shape index (κ1) is 21.3. The lowest BCUT2D eigenvalue weighted by Crippen LogP contribution is -2.54. The Morgan fingerprint density at radius 2 is 1.79 bits per heavy atom. The molecule has 1 saturated heterocycles. The normalized spacial score (nSPS) is 16.9. The Morgan fingerprint density at radius 3 is 2.38 bits per heavy atom. The van der Waals surface area contributed by atoms with E-state index in [1.54, 1.807) is 36.4 Å². The van der Waals surface area contributed by atoms with Gasteiger partial charge in [0, 0.05) is 14.7 Å². The molecule has 3 rings (SSSR count). The number of hydrogen-bond donors (Lipinski definition) is 0. The van der Waals surface area contributed by atoms with Gasteiger partial charge in [0.05, 0.1) is 19.2 Å². The standard InChI is InChI=1S/C22H23IN2O4/c1-22(2,3)25(20(27)14-6-5-7-17(12-14)29-4)18-13-19(26)24(21(18)28)16-10-8-15(23)9-11-16/h5-12,18H,13H2,1-4H3. The molecule has 1 fully saturated rings. The summed E-state index contributed by atoms with van der Waals surface area (Å²) in [4.78, 5) is 42.0. The highest BCUT2D eigenvalue weighted by molar-refractivity contribution is 14.1. The molecule has 1 unspecified atom stereocenters. The average Bonchev–Trinajstić information content (AvgIpc) is 2.95. The summed E-state index contributed by atoms with van der Waals surface area (Å²) in [6, 6.07) is 13.1. The minimum Gasteiger partial charge on any atom is -0.497 e. The Morgan fingerprint density at radius 1 is 1.14 bits per heavy atom. The van der Waals surface area contributed by atoms with Crippen molar-refractivity contribution in [3.8, 4) is 5.75 Å². The summed E-state index contributed by atoms with van der Waals surface area (Å²) in [7, 11) is 1.53.